The molecule has 0 aromatic carbocycles. The maximum absolute atomic E-state index is 12.1. The Morgan fingerprint density at radius 3 is 2.50 bits per heavy atom. The van der Waals surface area contributed by atoms with Crippen molar-refractivity contribution >= 4 is 17.6 Å². The van der Waals surface area contributed by atoms with Crippen molar-refractivity contribution in [3.05, 3.63) is 4.91 Å². The van der Waals surface area contributed by atoms with Gasteiger partial charge in [-0.25, -0.2) is 4.79 Å². The minimum atomic E-state index is -2.07. The fourth-order valence-corrected chi connectivity index (χ4v) is 2.65. The molecule has 2 amide bonds. The molecular weight excluding hydrogens is 346 g/mol. The number of ether oxygens (including phenoxy) is 1. The number of halogens is 1. The third kappa shape index (κ3) is 3.79. The monoisotopic (exact) mass is 369 g/mol. The molecule has 1 heterocycles. The van der Waals surface area contributed by atoms with E-state index in [-0.39, 0.29) is 12.4 Å². The summed E-state index contributed by atoms with van der Waals surface area (Å²) in [5.74, 6) is -2.65. The van der Waals surface area contributed by atoms with E-state index in [0.29, 0.717) is 16.3 Å². The van der Waals surface area contributed by atoms with E-state index in [1.807, 2.05) is 0 Å². The molecular formula is C13H24ClN3O7. The zero-order chi connectivity index (χ0) is 18.7. The van der Waals surface area contributed by atoms with E-state index in [1.54, 1.807) is 13.8 Å². The summed E-state index contributed by atoms with van der Waals surface area (Å²) in [6.45, 7) is 3.19. The van der Waals surface area contributed by atoms with Crippen LogP contribution >= 0.6 is 11.6 Å². The highest BCUT2D eigenvalue weighted by Crippen LogP contribution is 2.38. The maximum Gasteiger partial charge on any atom is 0.344 e. The lowest BCUT2D eigenvalue weighted by Crippen LogP contribution is -2.52. The quantitative estimate of drug-likeness (QED) is 0.204. The summed E-state index contributed by atoms with van der Waals surface area (Å²) in [6.07, 6.45) is -6.08. The van der Waals surface area contributed by atoms with Crippen LogP contribution in [0.1, 0.15) is 20.3 Å². The minimum absolute atomic E-state index is 0.0452. The van der Waals surface area contributed by atoms with Crippen LogP contribution in [0.15, 0.2) is 5.29 Å². The second-order valence-corrected chi connectivity index (χ2v) is 6.16. The number of likely N-dealkylation sites (N-methyl/N-ethyl adjacent to an activating group) is 1. The molecule has 0 aromatic rings. The lowest BCUT2D eigenvalue weighted by molar-refractivity contribution is -0.268. The lowest BCUT2D eigenvalue weighted by Gasteiger charge is -2.33. The van der Waals surface area contributed by atoms with E-state index in [9.17, 15) is 30.1 Å². The van der Waals surface area contributed by atoms with E-state index in [4.69, 9.17) is 16.3 Å². The number of amides is 2. The van der Waals surface area contributed by atoms with Gasteiger partial charge in [0.25, 0.3) is 0 Å². The van der Waals surface area contributed by atoms with Gasteiger partial charge in [-0.15, -0.1) is 16.5 Å². The van der Waals surface area contributed by atoms with Crippen molar-refractivity contribution in [2.45, 2.75) is 50.6 Å². The number of hydrogen-bond acceptors (Lipinski definition) is 8. The van der Waals surface area contributed by atoms with E-state index < -0.39 is 42.3 Å². The molecule has 1 saturated heterocycles. The Labute approximate surface area is 144 Å². The minimum Gasteiger partial charge on any atom is -0.387 e. The number of carbonyl (C=O) groups excluding carboxylic acids is 1. The number of hydrogen-bond donors (Lipinski definition) is 4. The molecule has 0 bridgehead atoms. The first kappa shape index (κ1) is 21.0. The van der Waals surface area contributed by atoms with E-state index >= 15 is 0 Å². The predicted molar refractivity (Wildman–Crippen MR) is 83.7 cm³/mol. The normalized spacial score (nSPS) is 32.2. The molecule has 0 spiro atoms. The average molecular weight is 370 g/mol. The number of nitroso groups, excluding NO2 is 1. The van der Waals surface area contributed by atoms with Crippen molar-refractivity contribution in [2.24, 2.45) is 11.2 Å². The average Bonchev–Trinajstić information content (AvgIpc) is 2.82. The molecule has 1 rings (SSSR count). The van der Waals surface area contributed by atoms with Gasteiger partial charge in [0.05, 0.1) is 11.8 Å². The molecule has 0 aliphatic carbocycles. The zero-order valence-corrected chi connectivity index (χ0v) is 14.5. The van der Waals surface area contributed by atoms with Gasteiger partial charge < -0.3 is 25.2 Å². The molecule has 24 heavy (non-hydrogen) atoms. The third-order valence-electron chi connectivity index (χ3n) is 4.34. The highest BCUT2D eigenvalue weighted by Gasteiger charge is 2.58. The molecule has 0 aromatic heterocycles. The van der Waals surface area contributed by atoms with Crippen molar-refractivity contribution in [3.8, 4) is 0 Å². The van der Waals surface area contributed by atoms with Gasteiger partial charge in [-0.2, -0.15) is 5.01 Å². The Morgan fingerprint density at radius 1 is 1.46 bits per heavy atom. The van der Waals surface area contributed by atoms with Crippen molar-refractivity contribution in [1.29, 1.82) is 0 Å². The summed E-state index contributed by atoms with van der Waals surface area (Å²) in [5, 5.41) is 43.9. The Morgan fingerprint density at radius 2 is 2.04 bits per heavy atom. The number of aliphatic hydroxyl groups is 4. The van der Waals surface area contributed by atoms with Crippen LogP contribution in [-0.2, 0) is 4.74 Å². The van der Waals surface area contributed by atoms with Crippen LogP contribution in [0.25, 0.3) is 0 Å². The number of alkyl halides is 1. The lowest BCUT2D eigenvalue weighted by atomic mass is 9.91. The fourth-order valence-electron chi connectivity index (χ4n) is 2.49. The molecule has 0 radical (unpaired) electrons. The van der Waals surface area contributed by atoms with Crippen LogP contribution in [0.2, 0.25) is 0 Å². The summed E-state index contributed by atoms with van der Waals surface area (Å²) >= 11 is 5.46. The van der Waals surface area contributed by atoms with Gasteiger partial charge in [0.2, 0.25) is 0 Å². The van der Waals surface area contributed by atoms with Crippen molar-refractivity contribution < 1.29 is 30.0 Å². The third-order valence-corrected chi connectivity index (χ3v) is 4.50. The van der Waals surface area contributed by atoms with Gasteiger partial charge in [0, 0.05) is 18.8 Å². The Hall–Kier alpha value is -1.04. The molecule has 1 aliphatic rings. The van der Waals surface area contributed by atoms with Crippen LogP contribution in [0.3, 0.4) is 0 Å². The first-order chi connectivity index (χ1) is 11.1. The molecule has 6 atom stereocenters. The highest BCUT2D eigenvalue weighted by atomic mass is 35.5. The summed E-state index contributed by atoms with van der Waals surface area (Å²) < 4.78 is 5.29. The molecule has 11 heteroatoms. The predicted octanol–water partition coefficient (Wildman–Crippen LogP) is -0.566. The van der Waals surface area contributed by atoms with E-state index in [1.165, 1.54) is 0 Å². The smallest absolute Gasteiger partial charge is 0.344 e. The van der Waals surface area contributed by atoms with Gasteiger partial charge >= 0.3 is 6.03 Å². The van der Waals surface area contributed by atoms with E-state index in [0.717, 1.165) is 7.05 Å². The molecule has 10 nitrogen and oxygen atoms in total. The van der Waals surface area contributed by atoms with Crippen molar-refractivity contribution in [3.63, 3.8) is 0 Å². The summed E-state index contributed by atoms with van der Waals surface area (Å²) in [5.41, 5.74) is 0. The first-order valence-electron chi connectivity index (χ1n) is 7.53. The summed E-state index contributed by atoms with van der Waals surface area (Å²) in [6, 6.07) is -0.970. The number of urea groups is 1. The standard InChI is InChI=1S/C13H24ClN3O7/c1-4-7(2)13(22)10(19)8(18)9(24-13)11(20)16(3)12(21)17(15-23)6-5-14/h7-11,18-20,22H,4-6H2,1-3H3/t7?,8-,9+,10-,11?,13-/m1/s1. The van der Waals surface area contributed by atoms with Gasteiger partial charge in [0.15, 0.2) is 12.0 Å². The Balaban J connectivity index is 2.92. The fraction of sp³-hybridized carbons (Fsp3) is 0.923. The van der Waals surface area contributed by atoms with Crippen LogP contribution in [0.5, 0.6) is 0 Å². The van der Waals surface area contributed by atoms with Crippen LogP contribution in [0, 0.1) is 10.8 Å². The number of aliphatic hydroxyl groups excluding tert-OH is 3. The van der Waals surface area contributed by atoms with Gasteiger partial charge in [-0.1, -0.05) is 13.8 Å². The highest BCUT2D eigenvalue weighted by molar-refractivity contribution is 6.18. The number of nitrogens with zero attached hydrogens (tertiary/aromatic N) is 3. The molecule has 0 saturated carbocycles. The van der Waals surface area contributed by atoms with E-state index in [2.05, 4.69) is 5.29 Å². The molecule has 1 aliphatic heterocycles. The summed E-state index contributed by atoms with van der Waals surface area (Å²) in [4.78, 5) is 23.4. The maximum atomic E-state index is 12.1. The number of carbonyl (C=O) groups is 1. The van der Waals surface area contributed by atoms with Gasteiger partial charge in [-0.3, -0.25) is 4.90 Å². The Bertz CT molecular complexity index is 457. The van der Waals surface area contributed by atoms with Crippen LogP contribution < -0.4 is 0 Å². The number of rotatable bonds is 7. The largest absolute Gasteiger partial charge is 0.387 e. The molecule has 140 valence electrons. The summed E-state index contributed by atoms with van der Waals surface area (Å²) in [7, 11) is 1.16. The second-order valence-electron chi connectivity index (χ2n) is 5.78. The molecule has 1 fully saturated rings. The first-order valence-corrected chi connectivity index (χ1v) is 8.07. The van der Waals surface area contributed by atoms with Crippen LogP contribution in [-0.4, -0.2) is 86.2 Å². The van der Waals surface area contributed by atoms with Crippen LogP contribution in [0.4, 0.5) is 4.79 Å². The second kappa shape index (κ2) is 8.37. The topological polar surface area (TPSA) is 143 Å². The SMILES string of the molecule is CCC(C)[C@@]1(O)O[C@H](C(O)N(C)C(=O)N(CCCl)N=O)[C@@H](O)[C@H]1O. The molecule has 2 unspecified atom stereocenters. The van der Waals surface area contributed by atoms with Crippen molar-refractivity contribution in [1.82, 2.24) is 9.91 Å². The van der Waals surface area contributed by atoms with Gasteiger partial charge in [0.1, 0.15) is 18.3 Å². The van der Waals surface area contributed by atoms with Crippen molar-refractivity contribution in [2.75, 3.05) is 19.5 Å². The van der Waals surface area contributed by atoms with Gasteiger partial charge in [-0.05, 0) is 6.42 Å². The molecule has 4 N–H and O–H groups in total. The zero-order valence-electron chi connectivity index (χ0n) is 13.7. The Kier molecular flexibility index (Phi) is 7.32.